The average Bonchev–Trinajstić information content (AvgIpc) is 2.91. The monoisotopic (exact) mass is 564 g/mol. The number of ketones is 2. The average molecular weight is 565 g/mol. The molecule has 0 radical (unpaired) electrons. The molecule has 12 heteroatoms. The third-order valence-electron chi connectivity index (χ3n) is 6.81. The molecule has 0 aliphatic heterocycles. The number of nitrogens with one attached hydrogen (secondary N) is 2. The summed E-state index contributed by atoms with van der Waals surface area (Å²) in [7, 11) is -7.85. The van der Waals surface area contributed by atoms with E-state index in [2.05, 4.69) is 19.2 Å². The number of rotatable bonds is 14. The van der Waals surface area contributed by atoms with E-state index in [1.807, 2.05) is 27.7 Å². The molecule has 0 saturated heterocycles. The van der Waals surface area contributed by atoms with Gasteiger partial charge in [0, 0.05) is 48.4 Å². The molecule has 1 aliphatic carbocycles. The van der Waals surface area contributed by atoms with Crippen molar-refractivity contribution in [2.75, 3.05) is 52.4 Å². The number of carbonyl (C=O) groups is 2. The van der Waals surface area contributed by atoms with E-state index in [-0.39, 0.29) is 45.1 Å². The van der Waals surface area contributed by atoms with Crippen molar-refractivity contribution in [1.29, 1.82) is 0 Å². The third-order valence-corrected chi connectivity index (χ3v) is 9.73. The number of hydrogen-bond acceptors (Lipinski definition) is 8. The van der Waals surface area contributed by atoms with Crippen LogP contribution in [0.15, 0.2) is 46.2 Å². The van der Waals surface area contributed by atoms with E-state index in [1.54, 1.807) is 0 Å². The van der Waals surface area contributed by atoms with Gasteiger partial charge in [-0.2, -0.15) is 0 Å². The zero-order valence-corrected chi connectivity index (χ0v) is 23.9. The van der Waals surface area contributed by atoms with Gasteiger partial charge in [-0.1, -0.05) is 27.7 Å². The molecule has 0 atom stereocenters. The summed E-state index contributed by atoms with van der Waals surface area (Å²) in [6.45, 7) is 12.5. The van der Waals surface area contributed by atoms with Gasteiger partial charge in [-0.05, 0) is 62.6 Å². The van der Waals surface area contributed by atoms with Gasteiger partial charge in [0.15, 0.2) is 11.6 Å². The number of fused-ring (bicyclic) bond motifs is 2. The largest absolute Gasteiger partial charge is 0.303 e. The molecule has 0 spiro atoms. The maximum absolute atomic E-state index is 13.4. The lowest BCUT2D eigenvalue weighted by molar-refractivity contribution is 0.0978. The maximum atomic E-state index is 13.4. The van der Waals surface area contributed by atoms with Crippen molar-refractivity contribution < 1.29 is 26.4 Å². The van der Waals surface area contributed by atoms with Crippen LogP contribution in [-0.2, 0) is 20.0 Å². The third kappa shape index (κ3) is 6.56. The highest BCUT2D eigenvalue weighted by atomic mass is 32.2. The topological polar surface area (TPSA) is 133 Å². The Morgan fingerprint density at radius 1 is 0.579 bits per heavy atom. The van der Waals surface area contributed by atoms with Gasteiger partial charge in [0.05, 0.1) is 9.79 Å². The number of sulfonamides is 2. The molecule has 0 amide bonds. The summed E-state index contributed by atoms with van der Waals surface area (Å²) >= 11 is 0. The summed E-state index contributed by atoms with van der Waals surface area (Å²) in [4.78, 5) is 30.3. The first-order valence-electron chi connectivity index (χ1n) is 12.8. The van der Waals surface area contributed by atoms with Crippen molar-refractivity contribution in [2.24, 2.45) is 0 Å². The lowest BCUT2D eigenvalue weighted by atomic mass is 9.84. The SMILES string of the molecule is CCN(CC)CCNS(=O)(=O)c1ccc2c(c1)C(=O)c1cc(S(=O)(=O)NCCN(CC)CC)ccc1C2=O. The van der Waals surface area contributed by atoms with Gasteiger partial charge < -0.3 is 9.80 Å². The fraction of sp³-hybridized carbons (Fsp3) is 0.462. The van der Waals surface area contributed by atoms with Crippen LogP contribution in [0.4, 0.5) is 0 Å². The predicted molar refractivity (Wildman–Crippen MR) is 146 cm³/mol. The van der Waals surface area contributed by atoms with Gasteiger partial charge in [0.2, 0.25) is 20.0 Å². The molecule has 0 heterocycles. The number of benzene rings is 2. The summed E-state index contributed by atoms with van der Waals surface area (Å²) < 4.78 is 56.6. The van der Waals surface area contributed by atoms with Crippen LogP contribution in [0.5, 0.6) is 0 Å². The Morgan fingerprint density at radius 3 is 1.26 bits per heavy atom. The molecular weight excluding hydrogens is 528 g/mol. The summed E-state index contributed by atoms with van der Waals surface area (Å²) in [5.74, 6) is -1.07. The second kappa shape index (κ2) is 12.6. The Morgan fingerprint density at radius 2 is 0.921 bits per heavy atom. The van der Waals surface area contributed by atoms with Crippen molar-refractivity contribution in [3.8, 4) is 0 Å². The minimum Gasteiger partial charge on any atom is -0.303 e. The van der Waals surface area contributed by atoms with Crippen molar-refractivity contribution in [2.45, 2.75) is 37.5 Å². The molecule has 208 valence electrons. The molecule has 0 bridgehead atoms. The van der Waals surface area contributed by atoms with Crippen LogP contribution < -0.4 is 9.44 Å². The van der Waals surface area contributed by atoms with E-state index in [0.29, 0.717) is 13.1 Å². The molecule has 2 aromatic rings. The highest BCUT2D eigenvalue weighted by molar-refractivity contribution is 7.89. The fourth-order valence-corrected chi connectivity index (χ4v) is 6.46. The molecule has 0 fully saturated rings. The van der Waals surface area contributed by atoms with E-state index in [1.165, 1.54) is 36.4 Å². The molecular formula is C26H36N4O6S2. The molecule has 2 N–H and O–H groups in total. The first-order chi connectivity index (χ1) is 18.0. The molecule has 38 heavy (non-hydrogen) atoms. The molecule has 1 aliphatic rings. The van der Waals surface area contributed by atoms with Gasteiger partial charge in [-0.25, -0.2) is 26.3 Å². The van der Waals surface area contributed by atoms with E-state index >= 15 is 0 Å². The smallest absolute Gasteiger partial charge is 0.240 e. The van der Waals surface area contributed by atoms with Gasteiger partial charge in [-0.3, -0.25) is 9.59 Å². The minimum atomic E-state index is -3.93. The van der Waals surface area contributed by atoms with Crippen LogP contribution in [0.3, 0.4) is 0 Å². The summed E-state index contributed by atoms with van der Waals surface area (Å²) in [5, 5.41) is 0. The van der Waals surface area contributed by atoms with E-state index < -0.39 is 31.6 Å². The van der Waals surface area contributed by atoms with Gasteiger partial charge in [0.25, 0.3) is 0 Å². The predicted octanol–water partition coefficient (Wildman–Crippen LogP) is 1.70. The van der Waals surface area contributed by atoms with E-state index in [9.17, 15) is 26.4 Å². The lowest BCUT2D eigenvalue weighted by Crippen LogP contribution is -2.35. The minimum absolute atomic E-state index is 0.0711. The second-order valence-electron chi connectivity index (χ2n) is 8.92. The molecule has 0 aromatic heterocycles. The Labute approximate surface area is 225 Å². The molecule has 0 unspecified atom stereocenters. The standard InChI is InChI=1S/C26H36N4O6S2/c1-5-29(6-2)15-13-27-37(33,34)19-9-11-21-23(17-19)26(32)24-18-20(10-12-22(24)25(21)31)38(35,36)28-14-16-30(7-3)8-4/h9-12,17-18,27-28H,5-8,13-16H2,1-4H3. The first-order valence-corrected chi connectivity index (χ1v) is 15.8. The molecule has 2 aromatic carbocycles. The zero-order valence-electron chi connectivity index (χ0n) is 22.3. The van der Waals surface area contributed by atoms with Crippen LogP contribution in [0.2, 0.25) is 0 Å². The number of carbonyl (C=O) groups excluding carboxylic acids is 2. The lowest BCUT2D eigenvalue weighted by Gasteiger charge is -2.20. The maximum Gasteiger partial charge on any atom is 0.240 e. The van der Waals surface area contributed by atoms with Crippen molar-refractivity contribution in [3.05, 3.63) is 58.7 Å². The molecule has 3 rings (SSSR count). The summed E-state index contributed by atoms with van der Waals surface area (Å²) in [5.41, 5.74) is 0.0198. The van der Waals surface area contributed by atoms with Crippen LogP contribution in [0.1, 0.15) is 59.5 Å². The highest BCUT2D eigenvalue weighted by Gasteiger charge is 2.32. The van der Waals surface area contributed by atoms with Gasteiger partial charge >= 0.3 is 0 Å². The Kier molecular flexibility index (Phi) is 9.96. The van der Waals surface area contributed by atoms with Crippen LogP contribution in [0, 0.1) is 0 Å². The zero-order chi connectivity index (χ0) is 28.1. The highest BCUT2D eigenvalue weighted by Crippen LogP contribution is 2.30. The Bertz CT molecular complexity index is 1300. The van der Waals surface area contributed by atoms with Gasteiger partial charge in [0.1, 0.15) is 0 Å². The van der Waals surface area contributed by atoms with Crippen molar-refractivity contribution in [1.82, 2.24) is 19.2 Å². The number of hydrogen-bond donors (Lipinski definition) is 2. The van der Waals surface area contributed by atoms with Crippen LogP contribution >= 0.6 is 0 Å². The quantitative estimate of drug-likeness (QED) is 0.302. The summed E-state index contributed by atoms with van der Waals surface area (Å²) in [6.07, 6.45) is 0. The Balaban J connectivity index is 1.86. The first kappa shape index (κ1) is 30.1. The van der Waals surface area contributed by atoms with E-state index in [0.717, 1.165) is 26.2 Å². The van der Waals surface area contributed by atoms with Crippen LogP contribution in [0.25, 0.3) is 0 Å². The molecule has 0 saturated carbocycles. The fourth-order valence-electron chi connectivity index (χ4n) is 4.37. The van der Waals surface area contributed by atoms with Gasteiger partial charge in [-0.15, -0.1) is 0 Å². The second-order valence-corrected chi connectivity index (χ2v) is 12.5. The normalized spacial score (nSPS) is 13.7. The Hall–Kier alpha value is -2.48. The number of likely N-dealkylation sites (N-methyl/N-ethyl adjacent to an activating group) is 2. The number of nitrogens with zero attached hydrogens (tertiary/aromatic N) is 2. The van der Waals surface area contributed by atoms with Crippen molar-refractivity contribution >= 4 is 31.6 Å². The molecule has 10 nitrogen and oxygen atoms in total. The van der Waals surface area contributed by atoms with Crippen LogP contribution in [-0.4, -0.2) is 90.6 Å². The van der Waals surface area contributed by atoms with Crippen molar-refractivity contribution in [3.63, 3.8) is 0 Å². The summed E-state index contributed by atoms with van der Waals surface area (Å²) in [6, 6.07) is 7.62. The van der Waals surface area contributed by atoms with E-state index in [4.69, 9.17) is 0 Å².